The Kier molecular flexibility index (Phi) is 4.36. The van der Waals surface area contributed by atoms with Crippen LogP contribution in [0.2, 0.25) is 0 Å². The van der Waals surface area contributed by atoms with E-state index in [0.29, 0.717) is 0 Å². The molecule has 2 aromatic heterocycles. The molecule has 1 saturated carbocycles. The highest BCUT2D eigenvalue weighted by atomic mass is 32.1. The van der Waals surface area contributed by atoms with E-state index in [0.717, 1.165) is 29.0 Å². The fourth-order valence-corrected chi connectivity index (χ4v) is 4.09. The van der Waals surface area contributed by atoms with Crippen LogP contribution in [0.1, 0.15) is 39.0 Å². The van der Waals surface area contributed by atoms with Crippen molar-refractivity contribution in [3.8, 4) is 10.7 Å². The minimum absolute atomic E-state index is 0.751. The predicted octanol–water partition coefficient (Wildman–Crippen LogP) is 4.89. The van der Waals surface area contributed by atoms with Gasteiger partial charge >= 0.3 is 0 Å². The second-order valence-corrected chi connectivity index (χ2v) is 7.07. The number of rotatable bonds is 4. The number of nitrogens with one attached hydrogen (secondary N) is 1. The van der Waals surface area contributed by atoms with Gasteiger partial charge in [-0.25, -0.2) is 0 Å². The first-order valence-electron chi connectivity index (χ1n) is 7.47. The van der Waals surface area contributed by atoms with Crippen molar-refractivity contribution in [2.45, 2.75) is 45.6 Å². The van der Waals surface area contributed by atoms with Crippen molar-refractivity contribution < 1.29 is 0 Å². The summed E-state index contributed by atoms with van der Waals surface area (Å²) in [6, 6.07) is 4.18. The first-order valence-corrected chi connectivity index (χ1v) is 8.75. The molecule has 0 amide bonds. The van der Waals surface area contributed by atoms with Crippen LogP contribution in [-0.2, 0) is 6.54 Å². The first kappa shape index (κ1) is 14.0. The lowest BCUT2D eigenvalue weighted by Gasteiger charge is -2.28. The van der Waals surface area contributed by atoms with Gasteiger partial charge in [0.1, 0.15) is 0 Å². The van der Waals surface area contributed by atoms with Gasteiger partial charge in [-0.3, -0.25) is 9.67 Å². The van der Waals surface area contributed by atoms with Crippen LogP contribution in [-0.4, -0.2) is 14.8 Å². The second-order valence-electron chi connectivity index (χ2n) is 5.74. The minimum Gasteiger partial charge on any atom is -0.299 e. The molecule has 3 nitrogen and oxygen atoms in total. The molecule has 0 saturated heterocycles. The van der Waals surface area contributed by atoms with Crippen LogP contribution in [0.4, 0.5) is 0 Å². The van der Waals surface area contributed by atoms with Crippen LogP contribution in [0, 0.1) is 16.6 Å². The van der Waals surface area contributed by atoms with E-state index < -0.39 is 0 Å². The Hall–Kier alpha value is -0.940. The molecule has 0 bridgehead atoms. The molecule has 0 spiro atoms. The monoisotopic (exact) mass is 307 g/mol. The molecule has 2 heterocycles. The van der Waals surface area contributed by atoms with E-state index >= 15 is 0 Å². The fourth-order valence-electron chi connectivity index (χ4n) is 3.16. The number of H-pyrrole nitrogens is 1. The fraction of sp³-hybridized carbons (Fsp3) is 0.600. The first-order chi connectivity index (χ1) is 9.78. The van der Waals surface area contributed by atoms with Crippen LogP contribution in [0.3, 0.4) is 0 Å². The van der Waals surface area contributed by atoms with Gasteiger partial charge in [-0.15, -0.1) is 11.3 Å². The van der Waals surface area contributed by atoms with E-state index in [9.17, 15) is 0 Å². The van der Waals surface area contributed by atoms with Crippen molar-refractivity contribution in [2.75, 3.05) is 0 Å². The van der Waals surface area contributed by atoms with E-state index in [1.54, 1.807) is 11.3 Å². The molecular weight excluding hydrogens is 286 g/mol. The molecule has 0 aromatic carbocycles. The standard InChI is InChI=1S/C15H21N3S2/c1-2-11-5-7-12(8-6-11)10-18-14(16-17-15(18)19)13-4-3-9-20-13/h3-4,9,11-12H,2,5-8,10H2,1H3,(H,17,19). The van der Waals surface area contributed by atoms with Gasteiger partial charge < -0.3 is 0 Å². The van der Waals surface area contributed by atoms with Gasteiger partial charge in [0.2, 0.25) is 0 Å². The van der Waals surface area contributed by atoms with E-state index in [4.69, 9.17) is 12.2 Å². The van der Waals surface area contributed by atoms with Crippen molar-refractivity contribution in [1.29, 1.82) is 0 Å². The minimum atomic E-state index is 0.751. The molecule has 2 aromatic rings. The lowest BCUT2D eigenvalue weighted by Crippen LogP contribution is -2.19. The average molecular weight is 307 g/mol. The third-order valence-corrected chi connectivity index (χ3v) is 5.66. The lowest BCUT2D eigenvalue weighted by atomic mass is 9.81. The number of nitrogens with zero attached hydrogens (tertiary/aromatic N) is 2. The van der Waals surface area contributed by atoms with Gasteiger partial charge in [0.15, 0.2) is 10.6 Å². The Morgan fingerprint density at radius 2 is 2.10 bits per heavy atom. The topological polar surface area (TPSA) is 33.6 Å². The Bertz CT molecular complexity index is 589. The molecule has 1 fully saturated rings. The summed E-state index contributed by atoms with van der Waals surface area (Å²) in [4.78, 5) is 1.19. The molecule has 5 heteroatoms. The van der Waals surface area contributed by atoms with Crippen LogP contribution in [0.25, 0.3) is 10.7 Å². The summed E-state index contributed by atoms with van der Waals surface area (Å²) in [6.45, 7) is 3.32. The molecular formula is C15H21N3S2. The molecule has 1 aliphatic rings. The number of hydrogen-bond acceptors (Lipinski definition) is 3. The van der Waals surface area contributed by atoms with Crippen LogP contribution >= 0.6 is 23.6 Å². The Labute approximate surface area is 129 Å². The number of thiophene rings is 1. The maximum absolute atomic E-state index is 5.41. The van der Waals surface area contributed by atoms with Crippen molar-refractivity contribution in [1.82, 2.24) is 14.8 Å². The summed E-state index contributed by atoms with van der Waals surface area (Å²) in [5, 5.41) is 9.46. The number of hydrogen-bond donors (Lipinski definition) is 1. The van der Waals surface area contributed by atoms with Gasteiger partial charge in [0.25, 0.3) is 0 Å². The molecule has 0 atom stereocenters. The van der Waals surface area contributed by atoms with Crippen molar-refractivity contribution >= 4 is 23.6 Å². The highest BCUT2D eigenvalue weighted by Crippen LogP contribution is 2.32. The second kappa shape index (κ2) is 6.22. The van der Waals surface area contributed by atoms with Crippen molar-refractivity contribution in [3.63, 3.8) is 0 Å². The molecule has 108 valence electrons. The van der Waals surface area contributed by atoms with E-state index in [-0.39, 0.29) is 0 Å². The third kappa shape index (κ3) is 2.88. The van der Waals surface area contributed by atoms with E-state index in [2.05, 4.69) is 39.2 Å². The van der Waals surface area contributed by atoms with Crippen molar-refractivity contribution in [2.24, 2.45) is 11.8 Å². The summed E-state index contributed by atoms with van der Waals surface area (Å²) >= 11 is 7.13. The van der Waals surface area contributed by atoms with Gasteiger partial charge in [0, 0.05) is 6.54 Å². The van der Waals surface area contributed by atoms with Gasteiger partial charge in [0.05, 0.1) is 4.88 Å². The molecule has 1 aliphatic carbocycles. The summed E-state index contributed by atoms with van der Waals surface area (Å²) in [5.74, 6) is 2.70. The molecule has 3 rings (SSSR count). The zero-order chi connectivity index (χ0) is 13.9. The van der Waals surface area contributed by atoms with Crippen LogP contribution in [0.15, 0.2) is 17.5 Å². The molecule has 0 unspecified atom stereocenters. The molecule has 1 N–H and O–H groups in total. The van der Waals surface area contributed by atoms with Crippen molar-refractivity contribution in [3.05, 3.63) is 22.3 Å². The quantitative estimate of drug-likeness (QED) is 0.816. The highest BCUT2D eigenvalue weighted by molar-refractivity contribution is 7.71. The molecule has 20 heavy (non-hydrogen) atoms. The van der Waals surface area contributed by atoms with Crippen LogP contribution in [0.5, 0.6) is 0 Å². The maximum atomic E-state index is 5.41. The molecule has 0 aliphatic heterocycles. The third-order valence-electron chi connectivity index (χ3n) is 4.48. The zero-order valence-corrected chi connectivity index (χ0v) is 13.5. The van der Waals surface area contributed by atoms with Gasteiger partial charge in [-0.2, -0.15) is 5.10 Å². The number of aromatic amines is 1. The SMILES string of the molecule is CCC1CCC(Cn2c(-c3cccs3)n[nH]c2=S)CC1. The summed E-state index contributed by atoms with van der Waals surface area (Å²) in [7, 11) is 0. The Morgan fingerprint density at radius 1 is 1.35 bits per heavy atom. The number of aromatic nitrogens is 3. The predicted molar refractivity (Wildman–Crippen MR) is 86.5 cm³/mol. The molecule has 0 radical (unpaired) electrons. The van der Waals surface area contributed by atoms with E-state index in [1.807, 2.05) is 0 Å². The summed E-state index contributed by atoms with van der Waals surface area (Å²) < 4.78 is 2.95. The zero-order valence-electron chi connectivity index (χ0n) is 11.8. The smallest absolute Gasteiger partial charge is 0.195 e. The van der Waals surface area contributed by atoms with Crippen LogP contribution < -0.4 is 0 Å². The summed E-state index contributed by atoms with van der Waals surface area (Å²) in [5.41, 5.74) is 0. The lowest BCUT2D eigenvalue weighted by molar-refractivity contribution is 0.247. The Balaban J connectivity index is 1.75. The average Bonchev–Trinajstić information content (AvgIpc) is 3.11. The Morgan fingerprint density at radius 3 is 2.75 bits per heavy atom. The van der Waals surface area contributed by atoms with Gasteiger partial charge in [-0.05, 0) is 48.3 Å². The summed E-state index contributed by atoms with van der Waals surface area (Å²) in [6.07, 6.45) is 6.74. The largest absolute Gasteiger partial charge is 0.299 e. The van der Waals surface area contributed by atoms with Gasteiger partial charge in [-0.1, -0.05) is 32.3 Å². The highest BCUT2D eigenvalue weighted by Gasteiger charge is 2.22. The van der Waals surface area contributed by atoms with E-state index in [1.165, 1.54) is 37.0 Å². The normalized spacial score (nSPS) is 23.1. The maximum Gasteiger partial charge on any atom is 0.195 e.